The topological polar surface area (TPSA) is 28.5 Å². The van der Waals surface area contributed by atoms with Crippen LogP contribution in [-0.4, -0.2) is 11.2 Å². The monoisotopic (exact) mass is 637 g/mol. The van der Waals surface area contributed by atoms with E-state index in [-0.39, 0.29) is 5.92 Å². The largest absolute Gasteiger partial charge is 0.311 e. The van der Waals surface area contributed by atoms with Gasteiger partial charge in [0.2, 0.25) is 0 Å². The molecule has 232 valence electrons. The SMILES string of the molecule is C=CC1=C(N=C[C@H]2C=CC(N(c3ccc(-c4ccc5ccccc5n4)cc3)c3ccc(-c4cc5ccccc5s4)cc3)=CC2)CCC=C1. The van der Waals surface area contributed by atoms with Gasteiger partial charge in [-0.15, -0.1) is 11.3 Å². The van der Waals surface area contributed by atoms with E-state index >= 15 is 0 Å². The molecule has 0 bridgehead atoms. The van der Waals surface area contributed by atoms with Gasteiger partial charge in [-0.25, -0.2) is 4.98 Å². The van der Waals surface area contributed by atoms with Gasteiger partial charge in [0.1, 0.15) is 0 Å². The lowest BCUT2D eigenvalue weighted by molar-refractivity contribution is 0.859. The van der Waals surface area contributed by atoms with Gasteiger partial charge in [-0.3, -0.25) is 4.99 Å². The Morgan fingerprint density at radius 3 is 2.29 bits per heavy atom. The molecule has 0 fully saturated rings. The van der Waals surface area contributed by atoms with Crippen LogP contribution in [0.5, 0.6) is 0 Å². The second-order valence-electron chi connectivity index (χ2n) is 12.2. The van der Waals surface area contributed by atoms with E-state index in [0.717, 1.165) is 69.8 Å². The molecular formula is C44H35N3S. The summed E-state index contributed by atoms with van der Waals surface area (Å²) in [7, 11) is 0. The van der Waals surface area contributed by atoms with Crippen LogP contribution in [0.25, 0.3) is 42.7 Å². The van der Waals surface area contributed by atoms with Crippen molar-refractivity contribution in [1.82, 2.24) is 4.98 Å². The van der Waals surface area contributed by atoms with E-state index in [1.165, 1.54) is 20.5 Å². The third kappa shape index (κ3) is 6.11. The first-order valence-electron chi connectivity index (χ1n) is 16.5. The summed E-state index contributed by atoms with van der Waals surface area (Å²) in [6, 6.07) is 41.1. The number of aliphatic imine (C=N–C) groups is 1. The molecule has 2 heterocycles. The fourth-order valence-electron chi connectivity index (χ4n) is 6.44. The van der Waals surface area contributed by atoms with E-state index in [1.807, 2.05) is 23.5 Å². The van der Waals surface area contributed by atoms with Gasteiger partial charge in [0.05, 0.1) is 11.2 Å². The zero-order chi connectivity index (χ0) is 32.3. The molecule has 4 aromatic carbocycles. The van der Waals surface area contributed by atoms with E-state index in [2.05, 4.69) is 157 Å². The van der Waals surface area contributed by atoms with Crippen LogP contribution in [0, 0.1) is 5.92 Å². The second-order valence-corrected chi connectivity index (χ2v) is 13.3. The molecule has 2 aromatic heterocycles. The lowest BCUT2D eigenvalue weighted by Gasteiger charge is -2.29. The van der Waals surface area contributed by atoms with Crippen LogP contribution in [0.15, 0.2) is 180 Å². The minimum Gasteiger partial charge on any atom is -0.311 e. The molecule has 0 saturated heterocycles. The predicted octanol–water partition coefficient (Wildman–Crippen LogP) is 12.2. The maximum absolute atomic E-state index is 4.93. The van der Waals surface area contributed by atoms with Crippen molar-refractivity contribution in [3.63, 3.8) is 0 Å². The highest BCUT2D eigenvalue weighted by molar-refractivity contribution is 7.22. The quantitative estimate of drug-likeness (QED) is 0.155. The fourth-order valence-corrected chi connectivity index (χ4v) is 7.51. The molecule has 2 aliphatic rings. The van der Waals surface area contributed by atoms with E-state index in [1.54, 1.807) is 0 Å². The smallest absolute Gasteiger partial charge is 0.0709 e. The molecule has 3 nitrogen and oxygen atoms in total. The molecule has 4 heteroatoms. The standard InChI is InChI=1S/C44H35N3S/c1-2-32-9-3-6-12-40(32)45-30-31-15-22-37(23-16-31)47(39-26-19-35(20-27-39)44-29-36-11-5-8-14-43(36)48-44)38-24-17-34(18-25-38)42-28-21-33-10-4-7-13-41(33)46-42/h2-5,7-11,13-15,17-31H,1,6,12,16H2/t31-/m0/s1. The Bertz CT molecular complexity index is 2250. The first-order chi connectivity index (χ1) is 23.7. The van der Waals surface area contributed by atoms with Crippen LogP contribution in [-0.2, 0) is 0 Å². The Kier molecular flexibility index (Phi) is 8.24. The molecule has 0 N–H and O–H groups in total. The van der Waals surface area contributed by atoms with Crippen molar-refractivity contribution in [2.45, 2.75) is 19.3 Å². The second kappa shape index (κ2) is 13.3. The van der Waals surface area contributed by atoms with Crippen LogP contribution in [0.1, 0.15) is 19.3 Å². The molecule has 0 spiro atoms. The van der Waals surface area contributed by atoms with Crippen molar-refractivity contribution in [3.8, 4) is 21.7 Å². The molecule has 2 aliphatic carbocycles. The van der Waals surface area contributed by atoms with Gasteiger partial charge < -0.3 is 4.90 Å². The number of fused-ring (bicyclic) bond motifs is 2. The predicted molar refractivity (Wildman–Crippen MR) is 206 cm³/mol. The Morgan fingerprint density at radius 2 is 1.54 bits per heavy atom. The molecule has 0 aliphatic heterocycles. The summed E-state index contributed by atoms with van der Waals surface area (Å²) >= 11 is 1.84. The van der Waals surface area contributed by atoms with Crippen molar-refractivity contribution in [1.29, 1.82) is 0 Å². The van der Waals surface area contributed by atoms with Crippen molar-refractivity contribution < 1.29 is 0 Å². The molecule has 0 radical (unpaired) electrons. The number of allylic oxidation sites excluding steroid dienone is 8. The molecule has 0 amide bonds. The Hall–Kier alpha value is -5.58. The summed E-state index contributed by atoms with van der Waals surface area (Å²) in [5.74, 6) is 0.247. The first-order valence-corrected chi connectivity index (χ1v) is 17.3. The van der Waals surface area contributed by atoms with Crippen molar-refractivity contribution >= 4 is 49.9 Å². The fraction of sp³-hybridized carbons (Fsp3) is 0.0909. The van der Waals surface area contributed by atoms with Crippen LogP contribution < -0.4 is 4.90 Å². The highest BCUT2D eigenvalue weighted by Gasteiger charge is 2.18. The molecular weight excluding hydrogens is 603 g/mol. The Balaban J connectivity index is 1.10. The van der Waals surface area contributed by atoms with Crippen molar-refractivity contribution in [3.05, 3.63) is 175 Å². The maximum atomic E-state index is 4.93. The van der Waals surface area contributed by atoms with Crippen LogP contribution in [0.4, 0.5) is 11.4 Å². The van der Waals surface area contributed by atoms with Gasteiger partial charge >= 0.3 is 0 Å². The van der Waals surface area contributed by atoms with E-state index < -0.39 is 0 Å². The minimum absolute atomic E-state index is 0.247. The third-order valence-corrected chi connectivity index (χ3v) is 10.2. The first kappa shape index (κ1) is 29.8. The summed E-state index contributed by atoms with van der Waals surface area (Å²) in [5.41, 5.74) is 9.93. The van der Waals surface area contributed by atoms with E-state index in [4.69, 9.17) is 9.98 Å². The van der Waals surface area contributed by atoms with Gasteiger partial charge in [-0.05, 0) is 90.4 Å². The van der Waals surface area contributed by atoms with Gasteiger partial charge in [-0.1, -0.05) is 104 Å². The molecule has 0 saturated carbocycles. The third-order valence-electron chi connectivity index (χ3n) is 9.05. The zero-order valence-corrected chi connectivity index (χ0v) is 27.5. The normalized spacial score (nSPS) is 16.2. The number of benzene rings is 4. The molecule has 1 atom stereocenters. The van der Waals surface area contributed by atoms with Crippen LogP contribution >= 0.6 is 11.3 Å². The molecule has 48 heavy (non-hydrogen) atoms. The highest BCUT2D eigenvalue weighted by Crippen LogP contribution is 2.38. The van der Waals surface area contributed by atoms with E-state index in [9.17, 15) is 0 Å². The number of rotatable bonds is 8. The average Bonchev–Trinajstić information content (AvgIpc) is 3.60. The van der Waals surface area contributed by atoms with Gasteiger partial charge in [0.25, 0.3) is 0 Å². The van der Waals surface area contributed by atoms with Gasteiger partial charge in [0.15, 0.2) is 0 Å². The van der Waals surface area contributed by atoms with Crippen molar-refractivity contribution in [2.75, 3.05) is 4.90 Å². The lowest BCUT2D eigenvalue weighted by atomic mass is 9.98. The molecule has 0 unspecified atom stereocenters. The Morgan fingerprint density at radius 1 is 0.792 bits per heavy atom. The Labute approximate surface area is 285 Å². The number of pyridine rings is 1. The number of hydrogen-bond donors (Lipinski definition) is 0. The summed E-state index contributed by atoms with van der Waals surface area (Å²) in [5, 5.41) is 2.44. The summed E-state index contributed by atoms with van der Waals surface area (Å²) < 4.78 is 1.31. The molecule has 8 rings (SSSR count). The maximum Gasteiger partial charge on any atom is 0.0709 e. The lowest BCUT2D eigenvalue weighted by Crippen LogP contribution is -2.17. The summed E-state index contributed by atoms with van der Waals surface area (Å²) in [4.78, 5) is 13.5. The number of aromatic nitrogens is 1. The number of nitrogens with zero attached hydrogens (tertiary/aromatic N) is 3. The summed E-state index contributed by atoms with van der Waals surface area (Å²) in [6.07, 6.45) is 18.0. The zero-order valence-electron chi connectivity index (χ0n) is 26.7. The van der Waals surface area contributed by atoms with Crippen molar-refractivity contribution in [2.24, 2.45) is 10.9 Å². The number of anilines is 2. The van der Waals surface area contributed by atoms with E-state index in [0.29, 0.717) is 0 Å². The average molecular weight is 638 g/mol. The number of para-hydroxylation sites is 1. The number of hydrogen-bond acceptors (Lipinski definition) is 4. The van der Waals surface area contributed by atoms with Crippen LogP contribution in [0.2, 0.25) is 0 Å². The van der Waals surface area contributed by atoms with Gasteiger partial charge in [-0.2, -0.15) is 0 Å². The minimum atomic E-state index is 0.247. The number of thiophene rings is 1. The highest BCUT2D eigenvalue weighted by atomic mass is 32.1. The summed E-state index contributed by atoms with van der Waals surface area (Å²) in [6.45, 7) is 3.97. The molecule has 6 aromatic rings. The van der Waals surface area contributed by atoms with Crippen LogP contribution in [0.3, 0.4) is 0 Å². The van der Waals surface area contributed by atoms with Gasteiger partial charge in [0, 0.05) is 55.4 Å².